The van der Waals surface area contributed by atoms with Gasteiger partial charge >= 0.3 is 6.09 Å². The molecule has 1 aliphatic rings. The summed E-state index contributed by atoms with van der Waals surface area (Å²) >= 11 is 1.49. The Kier molecular flexibility index (Phi) is 7.50. The topological polar surface area (TPSA) is 56.6 Å². The third-order valence-electron chi connectivity index (χ3n) is 3.21. The van der Waals surface area contributed by atoms with Gasteiger partial charge in [-0.15, -0.1) is 0 Å². The zero-order valence-electron chi connectivity index (χ0n) is 14.8. The van der Waals surface area contributed by atoms with Crippen LogP contribution >= 0.6 is 11.8 Å². The highest BCUT2D eigenvalue weighted by Crippen LogP contribution is 2.29. The van der Waals surface area contributed by atoms with E-state index in [2.05, 4.69) is 24.0 Å². The van der Waals surface area contributed by atoms with E-state index in [1.807, 2.05) is 33.8 Å². The molecule has 0 aromatic rings. The van der Waals surface area contributed by atoms with Crippen molar-refractivity contribution in [3.63, 3.8) is 0 Å². The van der Waals surface area contributed by atoms with Crippen molar-refractivity contribution >= 4 is 17.9 Å². The van der Waals surface area contributed by atoms with Crippen LogP contribution in [-0.4, -0.2) is 47.7 Å². The van der Waals surface area contributed by atoms with Crippen LogP contribution in [0.1, 0.15) is 41.0 Å². The Morgan fingerprint density at radius 3 is 2.26 bits per heavy atom. The first kappa shape index (κ1) is 19.4. The molecule has 128 valence electrons. The summed E-state index contributed by atoms with van der Waals surface area (Å²) in [6.07, 6.45) is 4.62. The zero-order chi connectivity index (χ0) is 17.5. The van der Waals surface area contributed by atoms with Gasteiger partial charge in [0.2, 0.25) is 0 Å². The molecular weight excluding hydrogens is 310 g/mol. The Morgan fingerprint density at radius 1 is 1.26 bits per heavy atom. The molecule has 0 atom stereocenters. The molecule has 1 saturated heterocycles. The number of allylic oxidation sites excluding steroid dienone is 3. The van der Waals surface area contributed by atoms with E-state index in [9.17, 15) is 4.79 Å². The van der Waals surface area contributed by atoms with Gasteiger partial charge in [-0.25, -0.2) is 4.79 Å². The molecule has 0 unspecified atom stereocenters. The first-order valence-electron chi connectivity index (χ1n) is 7.98. The lowest BCUT2D eigenvalue weighted by Crippen LogP contribution is -2.49. The highest BCUT2D eigenvalue weighted by Gasteiger charge is 2.26. The summed E-state index contributed by atoms with van der Waals surface area (Å²) in [5.41, 5.74) is -0.467. The average molecular weight is 337 g/mol. The Morgan fingerprint density at radius 2 is 1.83 bits per heavy atom. The van der Waals surface area contributed by atoms with Crippen molar-refractivity contribution in [1.82, 2.24) is 9.80 Å². The van der Waals surface area contributed by atoms with E-state index in [-0.39, 0.29) is 6.09 Å². The van der Waals surface area contributed by atoms with Gasteiger partial charge in [0.25, 0.3) is 0 Å². The van der Waals surface area contributed by atoms with Gasteiger partial charge in [-0.3, -0.25) is 0 Å². The Bertz CT molecular complexity index is 507. The van der Waals surface area contributed by atoms with Crippen LogP contribution in [0.5, 0.6) is 0 Å². The minimum atomic E-state index is -0.467. The van der Waals surface area contributed by atoms with Crippen molar-refractivity contribution < 1.29 is 9.53 Å². The predicted molar refractivity (Wildman–Crippen MR) is 94.7 cm³/mol. The second kappa shape index (κ2) is 8.88. The standard InChI is InChI=1S/C17H27N3O2S/c1-6-8-15(23-14(7-2)13-18)19-9-11-20(12-10-19)16(21)22-17(3,4)5/h7-8H,6,9-12H2,1-5H3/b14-7-,15-8+. The Labute approximate surface area is 144 Å². The van der Waals surface area contributed by atoms with E-state index in [1.54, 1.807) is 4.90 Å². The van der Waals surface area contributed by atoms with Gasteiger partial charge in [0.1, 0.15) is 11.7 Å². The molecule has 23 heavy (non-hydrogen) atoms. The normalized spacial score (nSPS) is 17.0. The van der Waals surface area contributed by atoms with Crippen LogP contribution in [-0.2, 0) is 4.74 Å². The average Bonchev–Trinajstić information content (AvgIpc) is 2.50. The highest BCUT2D eigenvalue weighted by atomic mass is 32.2. The maximum Gasteiger partial charge on any atom is 0.410 e. The molecule has 0 aliphatic carbocycles. The van der Waals surface area contributed by atoms with Gasteiger partial charge in [-0.1, -0.05) is 30.8 Å². The molecule has 6 heteroatoms. The minimum absolute atomic E-state index is 0.253. The number of ether oxygens (including phenoxy) is 1. The van der Waals surface area contributed by atoms with E-state index in [0.717, 1.165) is 24.5 Å². The van der Waals surface area contributed by atoms with E-state index in [0.29, 0.717) is 18.0 Å². The van der Waals surface area contributed by atoms with Crippen LogP contribution < -0.4 is 0 Å². The third kappa shape index (κ3) is 6.57. The monoisotopic (exact) mass is 337 g/mol. The van der Waals surface area contributed by atoms with Crippen LogP contribution in [0.2, 0.25) is 0 Å². The van der Waals surface area contributed by atoms with Crippen LogP contribution in [0, 0.1) is 11.3 Å². The molecule has 0 saturated carbocycles. The van der Waals surface area contributed by atoms with E-state index < -0.39 is 5.60 Å². The van der Waals surface area contributed by atoms with Crippen molar-refractivity contribution in [1.29, 1.82) is 5.26 Å². The maximum atomic E-state index is 12.1. The van der Waals surface area contributed by atoms with Crippen molar-refractivity contribution in [3.05, 3.63) is 22.1 Å². The number of thioether (sulfide) groups is 1. The summed E-state index contributed by atoms with van der Waals surface area (Å²) in [6.45, 7) is 12.3. The lowest BCUT2D eigenvalue weighted by molar-refractivity contribution is 0.0174. The molecular formula is C17H27N3O2S. The number of carbonyl (C=O) groups excluding carboxylic acids is 1. The largest absolute Gasteiger partial charge is 0.444 e. The van der Waals surface area contributed by atoms with Crippen molar-refractivity contribution in [2.24, 2.45) is 0 Å². The summed E-state index contributed by atoms with van der Waals surface area (Å²) < 4.78 is 5.42. The van der Waals surface area contributed by atoms with E-state index in [4.69, 9.17) is 10.00 Å². The Hall–Kier alpha value is -1.61. The quantitative estimate of drug-likeness (QED) is 0.727. The lowest BCUT2D eigenvalue weighted by atomic mass is 10.2. The molecule has 0 aromatic heterocycles. The molecule has 1 amide bonds. The van der Waals surface area contributed by atoms with Gasteiger partial charge in [0.05, 0.1) is 9.93 Å². The SMILES string of the molecule is C/C=C(/C#N)S/C(=C/CC)N1CCN(C(=O)OC(C)(C)C)CC1. The Balaban J connectivity index is 2.64. The van der Waals surface area contributed by atoms with Crippen molar-refractivity contribution in [2.75, 3.05) is 26.2 Å². The molecule has 5 nitrogen and oxygen atoms in total. The van der Waals surface area contributed by atoms with Gasteiger partial charge in [0, 0.05) is 26.2 Å². The third-order valence-corrected chi connectivity index (χ3v) is 4.39. The van der Waals surface area contributed by atoms with E-state index in [1.165, 1.54) is 11.8 Å². The van der Waals surface area contributed by atoms with Crippen LogP contribution in [0.15, 0.2) is 22.1 Å². The molecule has 0 N–H and O–H groups in total. The maximum absolute atomic E-state index is 12.1. The second-order valence-corrected chi connectivity index (χ2v) is 7.33. The molecule has 0 bridgehead atoms. The number of rotatable bonds is 4. The molecule has 1 fully saturated rings. The van der Waals surface area contributed by atoms with Crippen LogP contribution in [0.3, 0.4) is 0 Å². The van der Waals surface area contributed by atoms with Gasteiger partial charge < -0.3 is 14.5 Å². The summed E-state index contributed by atoms with van der Waals surface area (Å²) in [7, 11) is 0. The number of piperazine rings is 1. The highest BCUT2D eigenvalue weighted by molar-refractivity contribution is 8.06. The molecule has 0 radical (unpaired) electrons. The second-order valence-electron chi connectivity index (χ2n) is 6.27. The first-order chi connectivity index (χ1) is 10.8. The number of nitriles is 1. The number of nitrogens with zero attached hydrogens (tertiary/aromatic N) is 3. The number of carbonyl (C=O) groups is 1. The van der Waals surface area contributed by atoms with Gasteiger partial charge in [-0.2, -0.15) is 5.26 Å². The molecule has 0 spiro atoms. The fraction of sp³-hybridized carbons (Fsp3) is 0.647. The van der Waals surface area contributed by atoms with Crippen molar-refractivity contribution in [3.8, 4) is 6.07 Å². The fourth-order valence-corrected chi connectivity index (χ4v) is 3.06. The molecule has 1 heterocycles. The zero-order valence-corrected chi connectivity index (χ0v) is 15.6. The molecule has 1 rings (SSSR count). The number of hydrogen-bond acceptors (Lipinski definition) is 5. The van der Waals surface area contributed by atoms with E-state index >= 15 is 0 Å². The first-order valence-corrected chi connectivity index (χ1v) is 8.79. The minimum Gasteiger partial charge on any atom is -0.444 e. The van der Waals surface area contributed by atoms with Crippen LogP contribution in [0.25, 0.3) is 0 Å². The molecule has 1 aliphatic heterocycles. The van der Waals surface area contributed by atoms with Gasteiger partial charge in [0.15, 0.2) is 0 Å². The fourth-order valence-electron chi connectivity index (χ4n) is 2.10. The van der Waals surface area contributed by atoms with Gasteiger partial charge in [-0.05, 0) is 34.1 Å². The lowest BCUT2D eigenvalue weighted by Gasteiger charge is -2.37. The number of amides is 1. The molecule has 0 aromatic carbocycles. The summed E-state index contributed by atoms with van der Waals surface area (Å²) in [5.74, 6) is 0. The summed E-state index contributed by atoms with van der Waals surface area (Å²) in [5, 5.41) is 10.2. The summed E-state index contributed by atoms with van der Waals surface area (Å²) in [4.78, 5) is 16.8. The van der Waals surface area contributed by atoms with Crippen molar-refractivity contribution in [2.45, 2.75) is 46.6 Å². The number of hydrogen-bond donors (Lipinski definition) is 0. The summed E-state index contributed by atoms with van der Waals surface area (Å²) in [6, 6.07) is 2.20. The smallest absolute Gasteiger partial charge is 0.410 e. The van der Waals surface area contributed by atoms with Crippen LogP contribution in [0.4, 0.5) is 4.79 Å². The predicted octanol–water partition coefficient (Wildman–Crippen LogP) is 3.95.